The number of nitrogens with zero attached hydrogens (tertiary/aromatic N) is 4. The smallest absolute Gasteiger partial charge is 0.320 e. The van der Waals surface area contributed by atoms with E-state index < -0.39 is 0 Å². The van der Waals surface area contributed by atoms with E-state index >= 15 is 0 Å². The molecule has 31 heavy (non-hydrogen) atoms. The minimum Gasteiger partial charge on any atom is -0.320 e. The Kier molecular flexibility index (Phi) is 5.83. The minimum absolute atomic E-state index is 0.308. The van der Waals surface area contributed by atoms with Gasteiger partial charge in [-0.1, -0.05) is 49.7 Å². The monoisotopic (exact) mass is 436 g/mol. The van der Waals surface area contributed by atoms with E-state index in [0.717, 1.165) is 17.5 Å². The van der Waals surface area contributed by atoms with Gasteiger partial charge in [-0.25, -0.2) is 14.3 Å². The Hall–Kier alpha value is -3.12. The minimum atomic E-state index is -0.387. The van der Waals surface area contributed by atoms with Crippen molar-refractivity contribution in [1.29, 1.82) is 0 Å². The van der Waals surface area contributed by atoms with Gasteiger partial charge in [0.15, 0.2) is 11.2 Å². The maximum Gasteiger partial charge on any atom is 0.337 e. The molecule has 0 radical (unpaired) electrons. The molecule has 0 unspecified atom stereocenters. The summed E-state index contributed by atoms with van der Waals surface area (Å²) < 4.78 is 4.66. The first-order valence-corrected chi connectivity index (χ1v) is 10.8. The van der Waals surface area contributed by atoms with E-state index in [0.29, 0.717) is 40.9 Å². The molecular formula is C24H25ClN4O2. The van der Waals surface area contributed by atoms with E-state index in [1.54, 1.807) is 30.6 Å². The van der Waals surface area contributed by atoms with Gasteiger partial charge < -0.3 is 4.57 Å². The van der Waals surface area contributed by atoms with Gasteiger partial charge in [0.25, 0.3) is 5.56 Å². The molecule has 2 aromatic heterocycles. The Morgan fingerprint density at radius 1 is 1.03 bits per heavy atom. The van der Waals surface area contributed by atoms with Gasteiger partial charge >= 0.3 is 5.69 Å². The topological polar surface area (TPSA) is 61.8 Å². The fourth-order valence-electron chi connectivity index (χ4n) is 3.68. The number of rotatable bonds is 6. The third-order valence-corrected chi connectivity index (χ3v) is 5.77. The van der Waals surface area contributed by atoms with Gasteiger partial charge in [0, 0.05) is 18.1 Å². The molecule has 6 nitrogen and oxygen atoms in total. The number of halogens is 1. The first-order chi connectivity index (χ1) is 14.9. The quantitative estimate of drug-likeness (QED) is 0.450. The van der Waals surface area contributed by atoms with Crippen LogP contribution in [0.25, 0.3) is 16.9 Å². The van der Waals surface area contributed by atoms with Crippen molar-refractivity contribution in [3.63, 3.8) is 0 Å². The van der Waals surface area contributed by atoms with Crippen LogP contribution in [0.2, 0.25) is 5.02 Å². The zero-order chi connectivity index (χ0) is 22.1. The second kappa shape index (κ2) is 8.55. The predicted molar refractivity (Wildman–Crippen MR) is 124 cm³/mol. The van der Waals surface area contributed by atoms with Crippen LogP contribution < -0.4 is 11.2 Å². The average Bonchev–Trinajstić information content (AvgIpc) is 3.14. The van der Waals surface area contributed by atoms with Gasteiger partial charge in [-0.2, -0.15) is 0 Å². The predicted octanol–water partition coefficient (Wildman–Crippen LogP) is 4.41. The SMILES string of the molecule is Cc1ccccc1Cn1cnc2c1c(=O)n(CCC(C)C)c(=O)n2-c1ccc(Cl)cc1. The molecule has 0 aliphatic carbocycles. The first-order valence-electron chi connectivity index (χ1n) is 10.4. The van der Waals surface area contributed by atoms with Crippen LogP contribution in [0.5, 0.6) is 0 Å². The van der Waals surface area contributed by atoms with E-state index in [-0.39, 0.29) is 11.2 Å². The van der Waals surface area contributed by atoms with Gasteiger partial charge in [0.2, 0.25) is 0 Å². The normalized spacial score (nSPS) is 11.5. The van der Waals surface area contributed by atoms with Crippen molar-refractivity contribution in [2.75, 3.05) is 0 Å². The highest BCUT2D eigenvalue weighted by Crippen LogP contribution is 2.18. The summed E-state index contributed by atoms with van der Waals surface area (Å²) in [7, 11) is 0. The Morgan fingerprint density at radius 2 is 1.74 bits per heavy atom. The fraction of sp³-hybridized carbons (Fsp3) is 0.292. The lowest BCUT2D eigenvalue weighted by Gasteiger charge is -2.14. The lowest BCUT2D eigenvalue weighted by atomic mass is 10.1. The molecule has 160 valence electrons. The summed E-state index contributed by atoms with van der Waals surface area (Å²) in [6.07, 6.45) is 2.37. The van der Waals surface area contributed by atoms with E-state index in [4.69, 9.17) is 11.6 Å². The van der Waals surface area contributed by atoms with Crippen molar-refractivity contribution in [3.05, 3.63) is 91.8 Å². The van der Waals surface area contributed by atoms with Gasteiger partial charge in [-0.3, -0.25) is 9.36 Å². The molecule has 0 bridgehead atoms. The zero-order valence-corrected chi connectivity index (χ0v) is 18.6. The molecule has 2 aromatic carbocycles. The molecule has 0 saturated heterocycles. The third-order valence-electron chi connectivity index (χ3n) is 5.52. The summed E-state index contributed by atoms with van der Waals surface area (Å²) in [5.41, 5.74) is 2.93. The molecule has 7 heteroatoms. The second-order valence-corrected chi connectivity index (χ2v) is 8.64. The van der Waals surface area contributed by atoms with E-state index in [1.165, 1.54) is 9.13 Å². The van der Waals surface area contributed by atoms with E-state index in [9.17, 15) is 9.59 Å². The number of aromatic nitrogens is 4. The summed E-state index contributed by atoms with van der Waals surface area (Å²) in [4.78, 5) is 31.3. The fourth-order valence-corrected chi connectivity index (χ4v) is 3.80. The summed E-state index contributed by atoms with van der Waals surface area (Å²) in [6, 6.07) is 15.0. The number of fused-ring (bicyclic) bond motifs is 1. The molecular weight excluding hydrogens is 412 g/mol. The number of hydrogen-bond donors (Lipinski definition) is 0. The Morgan fingerprint density at radius 3 is 2.42 bits per heavy atom. The molecule has 0 spiro atoms. The maximum atomic E-state index is 13.4. The van der Waals surface area contributed by atoms with Crippen LogP contribution in [0.15, 0.2) is 64.4 Å². The highest BCUT2D eigenvalue weighted by atomic mass is 35.5. The van der Waals surface area contributed by atoms with Gasteiger partial charge in [-0.05, 0) is 54.7 Å². The molecule has 0 saturated carbocycles. The van der Waals surface area contributed by atoms with Crippen LogP contribution in [0, 0.1) is 12.8 Å². The van der Waals surface area contributed by atoms with Crippen molar-refractivity contribution in [1.82, 2.24) is 18.7 Å². The number of hydrogen-bond acceptors (Lipinski definition) is 3. The Balaban J connectivity index is 1.97. The highest BCUT2D eigenvalue weighted by molar-refractivity contribution is 6.30. The molecule has 4 aromatic rings. The molecule has 2 heterocycles. The maximum absolute atomic E-state index is 13.4. The molecule has 4 rings (SSSR count). The Labute approximate surface area is 185 Å². The van der Waals surface area contributed by atoms with Crippen molar-refractivity contribution in [2.45, 2.75) is 40.3 Å². The standard InChI is InChI=1S/C24H25ClN4O2/c1-16(2)12-13-28-23(30)21-22(29(24(28)31)20-10-8-19(25)9-11-20)26-15-27(21)14-18-7-5-4-6-17(18)3/h4-11,15-16H,12-14H2,1-3H3. The summed E-state index contributed by atoms with van der Waals surface area (Å²) in [6.45, 7) is 7.04. The van der Waals surface area contributed by atoms with Gasteiger partial charge in [0.05, 0.1) is 12.0 Å². The first kappa shape index (κ1) is 21.1. The summed E-state index contributed by atoms with van der Waals surface area (Å²) in [5.74, 6) is 0.364. The van der Waals surface area contributed by atoms with E-state index in [2.05, 4.69) is 18.8 Å². The van der Waals surface area contributed by atoms with Crippen LogP contribution >= 0.6 is 11.6 Å². The largest absolute Gasteiger partial charge is 0.337 e. The lowest BCUT2D eigenvalue weighted by molar-refractivity contribution is 0.491. The van der Waals surface area contributed by atoms with E-state index in [1.807, 2.05) is 35.8 Å². The van der Waals surface area contributed by atoms with Crippen molar-refractivity contribution in [2.24, 2.45) is 5.92 Å². The number of benzene rings is 2. The molecule has 0 atom stereocenters. The average molecular weight is 437 g/mol. The van der Waals surface area contributed by atoms with Crippen LogP contribution in [0.1, 0.15) is 31.4 Å². The summed E-state index contributed by atoms with van der Waals surface area (Å²) >= 11 is 6.05. The number of aryl methyl sites for hydroxylation is 1. The molecule has 0 N–H and O–H groups in total. The Bertz CT molecular complexity index is 1350. The van der Waals surface area contributed by atoms with Crippen molar-refractivity contribution < 1.29 is 0 Å². The molecule has 0 fully saturated rings. The molecule has 0 aliphatic heterocycles. The number of imidazole rings is 1. The zero-order valence-electron chi connectivity index (χ0n) is 17.9. The lowest BCUT2D eigenvalue weighted by Crippen LogP contribution is -2.40. The summed E-state index contributed by atoms with van der Waals surface area (Å²) in [5, 5.41) is 0.575. The molecule has 0 aliphatic rings. The highest BCUT2D eigenvalue weighted by Gasteiger charge is 2.19. The van der Waals surface area contributed by atoms with Crippen LogP contribution in [0.3, 0.4) is 0 Å². The van der Waals surface area contributed by atoms with Gasteiger partial charge in [0.1, 0.15) is 0 Å². The van der Waals surface area contributed by atoms with Crippen molar-refractivity contribution >= 4 is 22.8 Å². The van der Waals surface area contributed by atoms with Crippen LogP contribution in [-0.2, 0) is 13.1 Å². The second-order valence-electron chi connectivity index (χ2n) is 8.20. The van der Waals surface area contributed by atoms with Crippen molar-refractivity contribution in [3.8, 4) is 5.69 Å². The van der Waals surface area contributed by atoms with Crippen LogP contribution in [0.4, 0.5) is 0 Å². The third kappa shape index (κ3) is 4.08. The van der Waals surface area contributed by atoms with Crippen LogP contribution in [-0.4, -0.2) is 18.7 Å². The molecule has 0 amide bonds. The van der Waals surface area contributed by atoms with Gasteiger partial charge in [-0.15, -0.1) is 0 Å².